The van der Waals surface area contributed by atoms with Gasteiger partial charge in [-0.3, -0.25) is 4.79 Å². The molecule has 0 fully saturated rings. The Labute approximate surface area is 150 Å². The smallest absolute Gasteiger partial charge is 0.281 e. The predicted octanol–water partition coefficient (Wildman–Crippen LogP) is 3.18. The molecule has 0 aliphatic carbocycles. The van der Waals surface area contributed by atoms with Crippen LogP contribution >= 0.6 is 15.9 Å². The summed E-state index contributed by atoms with van der Waals surface area (Å²) in [6.45, 7) is 0.409. The molecule has 2 aromatic rings. The average molecular weight is 407 g/mol. The maximum absolute atomic E-state index is 13.9. The Kier molecular flexibility index (Phi) is 3.93. The summed E-state index contributed by atoms with van der Waals surface area (Å²) in [6, 6.07) is 7.96. The van der Waals surface area contributed by atoms with Gasteiger partial charge >= 0.3 is 0 Å². The molecule has 2 aliphatic heterocycles. The normalized spacial score (nSPS) is 17.4. The first kappa shape index (κ1) is 16.0. The van der Waals surface area contributed by atoms with Gasteiger partial charge in [-0.1, -0.05) is 27.2 Å². The van der Waals surface area contributed by atoms with Crippen LogP contribution in [-0.4, -0.2) is 23.6 Å². The molecule has 8 heteroatoms. The highest BCUT2D eigenvalue weighted by molar-refractivity contribution is 9.10. The van der Waals surface area contributed by atoms with Crippen molar-refractivity contribution in [3.8, 4) is 5.75 Å². The fourth-order valence-electron chi connectivity index (χ4n) is 3.11. The van der Waals surface area contributed by atoms with Crippen LogP contribution in [-0.2, 0) is 22.7 Å². The van der Waals surface area contributed by atoms with E-state index in [1.165, 1.54) is 17.0 Å². The first-order valence-corrected chi connectivity index (χ1v) is 8.24. The zero-order valence-electron chi connectivity index (χ0n) is 12.8. The Hall–Kier alpha value is -2.45. The molecule has 0 saturated carbocycles. The topological polar surface area (TPSA) is 71.4 Å². The van der Waals surface area contributed by atoms with Crippen LogP contribution in [0.4, 0.5) is 10.1 Å². The number of hydrogen-bond acceptors (Lipinski definition) is 5. The van der Waals surface area contributed by atoms with Gasteiger partial charge in [-0.15, -0.1) is 0 Å². The summed E-state index contributed by atoms with van der Waals surface area (Å²) in [6.07, 6.45) is 0. The predicted molar refractivity (Wildman–Crippen MR) is 90.3 cm³/mol. The van der Waals surface area contributed by atoms with Crippen molar-refractivity contribution in [3.63, 3.8) is 0 Å². The lowest BCUT2D eigenvalue weighted by molar-refractivity contribution is -0.112. The van der Waals surface area contributed by atoms with Gasteiger partial charge in [0, 0.05) is 21.2 Å². The standard InChI is InChI=1S/C17H12BrFN2O4/c18-12-2-1-3-13-14(12)15(20-23)17(22)21(13)6-9-4-11(19)5-10-7-24-8-25-16(9)10/h1-5,23H,6-8H2/b20-15-. The number of benzene rings is 2. The lowest BCUT2D eigenvalue weighted by Crippen LogP contribution is -2.30. The lowest BCUT2D eigenvalue weighted by atomic mass is 10.1. The van der Waals surface area contributed by atoms with Gasteiger partial charge in [0.15, 0.2) is 12.5 Å². The number of anilines is 1. The summed E-state index contributed by atoms with van der Waals surface area (Å²) < 4.78 is 25.3. The van der Waals surface area contributed by atoms with Gasteiger partial charge in [0.25, 0.3) is 5.91 Å². The van der Waals surface area contributed by atoms with E-state index in [-0.39, 0.29) is 25.7 Å². The van der Waals surface area contributed by atoms with Gasteiger partial charge in [-0.05, 0) is 24.3 Å². The van der Waals surface area contributed by atoms with Crippen LogP contribution < -0.4 is 9.64 Å². The molecule has 1 amide bonds. The van der Waals surface area contributed by atoms with Crippen LogP contribution in [0, 0.1) is 5.82 Å². The van der Waals surface area contributed by atoms with Crippen LogP contribution in [0.15, 0.2) is 40.0 Å². The van der Waals surface area contributed by atoms with Gasteiger partial charge in [-0.2, -0.15) is 0 Å². The first-order valence-electron chi connectivity index (χ1n) is 7.45. The first-order chi connectivity index (χ1) is 12.1. The van der Waals surface area contributed by atoms with Crippen molar-refractivity contribution in [2.24, 2.45) is 5.16 Å². The van der Waals surface area contributed by atoms with Crippen LogP contribution in [0.1, 0.15) is 16.7 Å². The van der Waals surface area contributed by atoms with Gasteiger partial charge in [-0.25, -0.2) is 4.39 Å². The summed E-state index contributed by atoms with van der Waals surface area (Å²) in [7, 11) is 0. The molecule has 0 spiro atoms. The minimum atomic E-state index is -0.463. The maximum atomic E-state index is 13.9. The third kappa shape index (κ3) is 2.58. The Bertz CT molecular complexity index is 916. The lowest BCUT2D eigenvalue weighted by Gasteiger charge is -2.24. The number of halogens is 2. The maximum Gasteiger partial charge on any atom is 0.281 e. The molecule has 0 bridgehead atoms. The van der Waals surface area contributed by atoms with E-state index in [1.807, 2.05) is 0 Å². The van der Waals surface area contributed by atoms with Crippen molar-refractivity contribution in [1.29, 1.82) is 0 Å². The molecule has 25 heavy (non-hydrogen) atoms. The molecule has 0 aromatic heterocycles. The Balaban J connectivity index is 1.79. The van der Waals surface area contributed by atoms with E-state index in [1.54, 1.807) is 18.2 Å². The van der Waals surface area contributed by atoms with E-state index in [2.05, 4.69) is 21.1 Å². The summed E-state index contributed by atoms with van der Waals surface area (Å²) in [5.74, 6) is -0.374. The largest absolute Gasteiger partial charge is 0.467 e. The molecule has 2 aromatic carbocycles. The number of carbonyl (C=O) groups is 1. The monoisotopic (exact) mass is 406 g/mol. The molecule has 6 nitrogen and oxygen atoms in total. The highest BCUT2D eigenvalue weighted by Crippen LogP contribution is 2.38. The van der Waals surface area contributed by atoms with E-state index in [0.717, 1.165) is 0 Å². The van der Waals surface area contributed by atoms with Crippen molar-refractivity contribution < 1.29 is 23.9 Å². The second kappa shape index (κ2) is 6.12. The summed E-state index contributed by atoms with van der Waals surface area (Å²) in [5, 5.41) is 12.4. The van der Waals surface area contributed by atoms with Crippen LogP contribution in [0.5, 0.6) is 5.75 Å². The second-order valence-corrected chi connectivity index (χ2v) is 6.49. The Morgan fingerprint density at radius 2 is 2.20 bits per heavy atom. The second-order valence-electron chi connectivity index (χ2n) is 5.64. The molecular weight excluding hydrogens is 395 g/mol. The minimum Gasteiger partial charge on any atom is -0.467 e. The zero-order chi connectivity index (χ0) is 17.6. The van der Waals surface area contributed by atoms with Crippen molar-refractivity contribution in [2.75, 3.05) is 11.7 Å². The molecule has 0 unspecified atom stereocenters. The number of hydrogen-bond donors (Lipinski definition) is 1. The van der Waals surface area contributed by atoms with Crippen molar-refractivity contribution in [3.05, 3.63) is 57.3 Å². The van der Waals surface area contributed by atoms with E-state index < -0.39 is 11.7 Å². The van der Waals surface area contributed by atoms with Crippen molar-refractivity contribution >= 4 is 33.2 Å². The van der Waals surface area contributed by atoms with Crippen LogP contribution in [0.25, 0.3) is 0 Å². The minimum absolute atomic E-state index is 0.0583. The highest BCUT2D eigenvalue weighted by atomic mass is 79.9. The van der Waals surface area contributed by atoms with Crippen molar-refractivity contribution in [1.82, 2.24) is 0 Å². The SMILES string of the molecule is O=C1/C(=N\O)c2c(Br)cccc2N1Cc1cc(F)cc2c1OCOC2. The van der Waals surface area contributed by atoms with E-state index in [0.29, 0.717) is 32.6 Å². The van der Waals surface area contributed by atoms with Crippen molar-refractivity contribution in [2.45, 2.75) is 13.2 Å². The molecule has 1 N–H and O–H groups in total. The van der Waals surface area contributed by atoms with Gasteiger partial charge in [0.1, 0.15) is 11.6 Å². The van der Waals surface area contributed by atoms with Gasteiger partial charge in [0.05, 0.1) is 18.8 Å². The third-order valence-corrected chi connectivity index (χ3v) is 4.81. The Morgan fingerprint density at radius 1 is 1.36 bits per heavy atom. The summed E-state index contributed by atoms with van der Waals surface area (Å²) in [4.78, 5) is 14.1. The van der Waals surface area contributed by atoms with E-state index >= 15 is 0 Å². The van der Waals surface area contributed by atoms with E-state index in [4.69, 9.17) is 9.47 Å². The fraction of sp³-hybridized carbons (Fsp3) is 0.176. The number of ether oxygens (including phenoxy) is 2. The third-order valence-electron chi connectivity index (χ3n) is 4.15. The molecule has 0 saturated heterocycles. The number of amides is 1. The highest BCUT2D eigenvalue weighted by Gasteiger charge is 2.37. The van der Waals surface area contributed by atoms with Crippen LogP contribution in [0.3, 0.4) is 0 Å². The molecule has 2 aliphatic rings. The molecule has 0 atom stereocenters. The zero-order valence-corrected chi connectivity index (χ0v) is 14.4. The number of carbonyl (C=O) groups excluding carboxylic acids is 1. The number of oxime groups is 1. The average Bonchev–Trinajstić information content (AvgIpc) is 2.88. The molecule has 4 rings (SSSR count). The van der Waals surface area contributed by atoms with Gasteiger partial charge in [0.2, 0.25) is 0 Å². The molecule has 0 radical (unpaired) electrons. The van der Waals surface area contributed by atoms with Gasteiger partial charge < -0.3 is 19.6 Å². The quantitative estimate of drug-likeness (QED) is 0.613. The van der Waals surface area contributed by atoms with Crippen LogP contribution in [0.2, 0.25) is 0 Å². The Morgan fingerprint density at radius 3 is 3.00 bits per heavy atom. The molecule has 128 valence electrons. The molecular formula is C17H12BrFN2O4. The molecule has 2 heterocycles. The summed E-state index contributed by atoms with van der Waals surface area (Å²) in [5.41, 5.74) is 2.15. The number of nitrogens with zero attached hydrogens (tertiary/aromatic N) is 2. The number of fused-ring (bicyclic) bond motifs is 2. The fourth-order valence-corrected chi connectivity index (χ4v) is 3.65. The van der Waals surface area contributed by atoms with E-state index in [9.17, 15) is 14.4 Å². The number of rotatable bonds is 2. The summed E-state index contributed by atoms with van der Waals surface area (Å²) >= 11 is 3.37.